The Morgan fingerprint density at radius 3 is 2.33 bits per heavy atom. The van der Waals surface area contributed by atoms with Crippen molar-refractivity contribution in [3.05, 3.63) is 54.0 Å². The van der Waals surface area contributed by atoms with E-state index < -0.39 is 0 Å². The van der Waals surface area contributed by atoms with Crippen LogP contribution in [0.1, 0.15) is 64.7 Å². The monoisotopic (exact) mass is 371 g/mol. The largest absolute Gasteiger partial charge is 0.491 e. The third kappa shape index (κ3) is 6.46. The van der Waals surface area contributed by atoms with E-state index in [1.54, 1.807) is 6.26 Å². The molecule has 0 fully saturated rings. The molecule has 1 atom stereocenters. The van der Waals surface area contributed by atoms with Gasteiger partial charge in [0.1, 0.15) is 11.5 Å². The van der Waals surface area contributed by atoms with E-state index in [1.807, 2.05) is 62.1 Å². The molecule has 2 rings (SSSR count). The van der Waals surface area contributed by atoms with Gasteiger partial charge in [0.25, 0.3) is 0 Å². The third-order valence-electron chi connectivity index (χ3n) is 4.75. The number of nitrogens with zero attached hydrogens (tertiary/aromatic N) is 1. The molecular formula is C23H33NO3. The average Bonchev–Trinajstić information content (AvgIpc) is 3.15. The molecule has 0 aliphatic carbocycles. The molecule has 0 aliphatic rings. The zero-order valence-corrected chi connectivity index (χ0v) is 17.3. The Morgan fingerprint density at radius 2 is 1.81 bits per heavy atom. The second-order valence-electron chi connectivity index (χ2n) is 7.63. The van der Waals surface area contributed by atoms with Crippen molar-refractivity contribution < 1.29 is 13.9 Å². The first-order valence-electron chi connectivity index (χ1n) is 9.97. The van der Waals surface area contributed by atoms with E-state index in [2.05, 4.69) is 13.8 Å². The summed E-state index contributed by atoms with van der Waals surface area (Å²) in [7, 11) is 0. The molecule has 0 saturated heterocycles. The fourth-order valence-electron chi connectivity index (χ4n) is 3.28. The summed E-state index contributed by atoms with van der Waals surface area (Å²) in [6, 6.07) is 12.0. The minimum atomic E-state index is 0.156. The molecule has 0 unspecified atom stereocenters. The van der Waals surface area contributed by atoms with Crippen LogP contribution in [0.4, 0.5) is 0 Å². The standard InChI is InChI=1S/C23H33NO3/c1-6-23(25)24(14-13-21(17(2)3)22-8-7-15-26-22)16-19-9-11-20(12-10-19)27-18(4)5/h7-12,15,17-18,21H,6,13-14,16H2,1-5H3/t21-/m1/s1. The van der Waals surface area contributed by atoms with Crippen molar-refractivity contribution in [1.29, 1.82) is 0 Å². The fraction of sp³-hybridized carbons (Fsp3) is 0.522. The highest BCUT2D eigenvalue weighted by molar-refractivity contribution is 5.75. The number of amides is 1. The van der Waals surface area contributed by atoms with Gasteiger partial charge in [-0.05, 0) is 56.0 Å². The zero-order valence-electron chi connectivity index (χ0n) is 17.3. The number of hydrogen-bond acceptors (Lipinski definition) is 3. The lowest BCUT2D eigenvalue weighted by molar-refractivity contribution is -0.131. The van der Waals surface area contributed by atoms with Crippen molar-refractivity contribution in [2.24, 2.45) is 5.92 Å². The lowest BCUT2D eigenvalue weighted by Crippen LogP contribution is -2.32. The predicted molar refractivity (Wildman–Crippen MR) is 109 cm³/mol. The minimum absolute atomic E-state index is 0.156. The molecule has 0 aliphatic heterocycles. The van der Waals surface area contributed by atoms with Gasteiger partial charge in [0, 0.05) is 25.4 Å². The average molecular weight is 372 g/mol. The minimum Gasteiger partial charge on any atom is -0.491 e. The normalized spacial score (nSPS) is 12.4. The molecule has 4 nitrogen and oxygen atoms in total. The van der Waals surface area contributed by atoms with Crippen molar-refractivity contribution in [2.45, 2.75) is 66.0 Å². The first kappa shape index (κ1) is 21.1. The maximum absolute atomic E-state index is 12.5. The summed E-state index contributed by atoms with van der Waals surface area (Å²) in [5.74, 6) is 2.82. The van der Waals surface area contributed by atoms with Crippen LogP contribution in [-0.4, -0.2) is 23.5 Å². The maximum Gasteiger partial charge on any atom is 0.222 e. The highest BCUT2D eigenvalue weighted by atomic mass is 16.5. The van der Waals surface area contributed by atoms with Gasteiger partial charge in [-0.2, -0.15) is 0 Å². The van der Waals surface area contributed by atoms with Crippen molar-refractivity contribution in [3.8, 4) is 5.75 Å². The summed E-state index contributed by atoms with van der Waals surface area (Å²) >= 11 is 0. The molecule has 4 heteroatoms. The van der Waals surface area contributed by atoms with Gasteiger partial charge >= 0.3 is 0 Å². The molecule has 1 aromatic heterocycles. The highest BCUT2D eigenvalue weighted by Gasteiger charge is 2.21. The Labute approximate surface area is 163 Å². The molecule has 2 aromatic rings. The van der Waals surface area contributed by atoms with Crippen LogP contribution >= 0.6 is 0 Å². The van der Waals surface area contributed by atoms with Gasteiger partial charge in [-0.1, -0.05) is 32.9 Å². The predicted octanol–water partition coefficient (Wildman–Crippen LogP) is 5.64. The summed E-state index contributed by atoms with van der Waals surface area (Å²) in [6.07, 6.45) is 3.29. The molecule has 0 N–H and O–H groups in total. The number of carbonyl (C=O) groups excluding carboxylic acids is 1. The van der Waals surface area contributed by atoms with Crippen LogP contribution in [0, 0.1) is 5.92 Å². The summed E-state index contributed by atoms with van der Waals surface area (Å²) in [5.41, 5.74) is 1.12. The molecule has 0 saturated carbocycles. The Morgan fingerprint density at radius 1 is 1.11 bits per heavy atom. The Hall–Kier alpha value is -2.23. The molecule has 148 valence electrons. The second kappa shape index (κ2) is 10.2. The molecule has 1 heterocycles. The lowest BCUT2D eigenvalue weighted by Gasteiger charge is -2.26. The molecule has 0 radical (unpaired) electrons. The Bertz CT molecular complexity index is 674. The first-order chi connectivity index (χ1) is 12.9. The number of ether oxygens (including phenoxy) is 1. The molecule has 1 amide bonds. The molecule has 1 aromatic carbocycles. The quantitative estimate of drug-likeness (QED) is 0.543. The van der Waals surface area contributed by atoms with Crippen molar-refractivity contribution in [2.75, 3.05) is 6.54 Å². The van der Waals surface area contributed by atoms with E-state index in [0.29, 0.717) is 24.8 Å². The maximum atomic E-state index is 12.5. The van der Waals surface area contributed by atoms with E-state index in [4.69, 9.17) is 9.15 Å². The zero-order chi connectivity index (χ0) is 19.8. The Kier molecular flexibility index (Phi) is 7.96. The fourth-order valence-corrected chi connectivity index (χ4v) is 3.28. The number of furan rings is 1. The van der Waals surface area contributed by atoms with Crippen LogP contribution in [0.15, 0.2) is 47.1 Å². The van der Waals surface area contributed by atoms with Crippen LogP contribution in [0.5, 0.6) is 5.75 Å². The van der Waals surface area contributed by atoms with Crippen LogP contribution in [0.2, 0.25) is 0 Å². The number of benzene rings is 1. The van der Waals surface area contributed by atoms with Crippen molar-refractivity contribution in [1.82, 2.24) is 4.90 Å². The van der Waals surface area contributed by atoms with Crippen LogP contribution in [0.25, 0.3) is 0 Å². The van der Waals surface area contributed by atoms with Crippen molar-refractivity contribution in [3.63, 3.8) is 0 Å². The first-order valence-corrected chi connectivity index (χ1v) is 9.97. The van der Waals surface area contributed by atoms with Gasteiger partial charge in [0.15, 0.2) is 0 Å². The van der Waals surface area contributed by atoms with Gasteiger partial charge in [0.05, 0.1) is 12.4 Å². The van der Waals surface area contributed by atoms with E-state index in [1.165, 1.54) is 0 Å². The summed E-state index contributed by atoms with van der Waals surface area (Å²) in [4.78, 5) is 14.4. The second-order valence-corrected chi connectivity index (χ2v) is 7.63. The Balaban J connectivity index is 2.03. The van der Waals surface area contributed by atoms with Gasteiger partial charge in [-0.3, -0.25) is 4.79 Å². The van der Waals surface area contributed by atoms with Gasteiger partial charge in [-0.25, -0.2) is 0 Å². The van der Waals surface area contributed by atoms with Gasteiger partial charge in [0.2, 0.25) is 5.91 Å². The summed E-state index contributed by atoms with van der Waals surface area (Å²) in [6.45, 7) is 11.7. The molecular weight excluding hydrogens is 338 g/mol. The van der Waals surface area contributed by atoms with Crippen LogP contribution in [-0.2, 0) is 11.3 Å². The third-order valence-corrected chi connectivity index (χ3v) is 4.75. The topological polar surface area (TPSA) is 42.7 Å². The van der Waals surface area contributed by atoms with Crippen LogP contribution in [0.3, 0.4) is 0 Å². The van der Waals surface area contributed by atoms with Crippen LogP contribution < -0.4 is 4.74 Å². The SMILES string of the molecule is CCC(=O)N(CC[C@@H](c1ccco1)C(C)C)Cc1ccc(OC(C)C)cc1. The van der Waals surface area contributed by atoms with E-state index in [0.717, 1.165) is 30.0 Å². The number of rotatable bonds is 10. The molecule has 0 spiro atoms. The number of carbonyl (C=O) groups is 1. The summed E-state index contributed by atoms with van der Waals surface area (Å²) < 4.78 is 11.3. The van der Waals surface area contributed by atoms with Gasteiger partial charge in [-0.15, -0.1) is 0 Å². The van der Waals surface area contributed by atoms with Crippen molar-refractivity contribution >= 4 is 5.91 Å². The van der Waals surface area contributed by atoms with E-state index in [-0.39, 0.29) is 12.0 Å². The van der Waals surface area contributed by atoms with E-state index >= 15 is 0 Å². The molecule has 27 heavy (non-hydrogen) atoms. The van der Waals surface area contributed by atoms with E-state index in [9.17, 15) is 4.79 Å². The lowest BCUT2D eigenvalue weighted by atomic mass is 9.90. The summed E-state index contributed by atoms with van der Waals surface area (Å²) in [5, 5.41) is 0. The smallest absolute Gasteiger partial charge is 0.222 e. The molecule has 0 bridgehead atoms. The van der Waals surface area contributed by atoms with Gasteiger partial charge < -0.3 is 14.1 Å². The highest BCUT2D eigenvalue weighted by Crippen LogP contribution is 2.29. The number of hydrogen-bond donors (Lipinski definition) is 0.